The Morgan fingerprint density at radius 2 is 1.82 bits per heavy atom. The van der Waals surface area contributed by atoms with E-state index >= 15 is 0 Å². The molecule has 1 saturated carbocycles. The van der Waals surface area contributed by atoms with Gasteiger partial charge in [0.2, 0.25) is 0 Å². The average Bonchev–Trinajstić information content (AvgIpc) is 2.55. The molecule has 120 valence electrons. The van der Waals surface area contributed by atoms with E-state index in [1.54, 1.807) is 12.1 Å². The lowest BCUT2D eigenvalue weighted by atomic mass is 9.83. The highest BCUT2D eigenvalue weighted by atomic mass is 16.5. The van der Waals surface area contributed by atoms with Gasteiger partial charge >= 0.3 is 11.9 Å². The van der Waals surface area contributed by atoms with E-state index in [0.717, 1.165) is 25.7 Å². The molecule has 1 aliphatic carbocycles. The van der Waals surface area contributed by atoms with Gasteiger partial charge < -0.3 is 9.84 Å². The maximum atomic E-state index is 12.4. The van der Waals surface area contributed by atoms with Gasteiger partial charge in [0.25, 0.3) is 0 Å². The van der Waals surface area contributed by atoms with Crippen molar-refractivity contribution in [3.8, 4) is 0 Å². The number of esters is 1. The first kappa shape index (κ1) is 16.5. The van der Waals surface area contributed by atoms with Crippen LogP contribution in [0.2, 0.25) is 0 Å². The fourth-order valence-electron chi connectivity index (χ4n) is 3.23. The number of carbonyl (C=O) groups is 2. The molecule has 0 aromatic heterocycles. The lowest BCUT2D eigenvalue weighted by Crippen LogP contribution is -2.29. The second kappa shape index (κ2) is 7.97. The molecular formula is C18H24O4. The summed E-state index contributed by atoms with van der Waals surface area (Å²) in [7, 11) is 0. The average molecular weight is 304 g/mol. The molecule has 0 unspecified atom stereocenters. The van der Waals surface area contributed by atoms with Gasteiger partial charge in [0.1, 0.15) is 6.10 Å². The molecular weight excluding hydrogens is 280 g/mol. The molecule has 0 aliphatic heterocycles. The molecule has 0 saturated heterocycles. The van der Waals surface area contributed by atoms with Gasteiger partial charge in [-0.3, -0.25) is 0 Å². The molecule has 1 aliphatic rings. The summed E-state index contributed by atoms with van der Waals surface area (Å²) in [6.45, 7) is 2.08. The normalized spacial score (nSPS) is 17.0. The number of hydrogen-bond acceptors (Lipinski definition) is 3. The third-order valence-electron chi connectivity index (χ3n) is 4.38. The number of hydrogen-bond donors (Lipinski definition) is 1. The van der Waals surface area contributed by atoms with Crippen LogP contribution in [0.4, 0.5) is 0 Å². The molecule has 0 heterocycles. The number of carboxylic acid groups (broad SMARTS) is 1. The first-order valence-corrected chi connectivity index (χ1v) is 8.16. The summed E-state index contributed by atoms with van der Waals surface area (Å²) in [5.74, 6) is -1.20. The minimum atomic E-state index is -1.10. The highest BCUT2D eigenvalue weighted by Gasteiger charge is 2.28. The molecule has 4 heteroatoms. The standard InChI is InChI=1S/C18H24O4/c1-2-8-16(13-9-4-3-5-10-13)22-18(21)15-12-7-6-11-14(15)17(19)20/h6-7,11-13,16H,2-5,8-10H2,1H3,(H,19,20)/t16-/m0/s1. The van der Waals surface area contributed by atoms with Gasteiger partial charge in [-0.2, -0.15) is 0 Å². The van der Waals surface area contributed by atoms with Crippen LogP contribution in [0, 0.1) is 5.92 Å². The Bertz CT molecular complexity index is 518. The SMILES string of the molecule is CCC[C@H](OC(=O)c1ccccc1C(=O)O)C1CCCCC1. The van der Waals surface area contributed by atoms with E-state index in [-0.39, 0.29) is 17.2 Å². The zero-order valence-electron chi connectivity index (χ0n) is 13.1. The van der Waals surface area contributed by atoms with Gasteiger partial charge in [-0.05, 0) is 37.3 Å². The molecule has 0 spiro atoms. The third kappa shape index (κ3) is 4.09. The summed E-state index contributed by atoms with van der Waals surface area (Å²) in [5.41, 5.74) is 0.151. The van der Waals surface area contributed by atoms with Crippen molar-refractivity contribution in [2.75, 3.05) is 0 Å². The van der Waals surface area contributed by atoms with Crippen LogP contribution in [0.15, 0.2) is 24.3 Å². The van der Waals surface area contributed by atoms with Crippen molar-refractivity contribution in [3.63, 3.8) is 0 Å². The number of aromatic carboxylic acids is 1. The summed E-state index contributed by atoms with van der Waals surface area (Å²) in [6, 6.07) is 6.24. The highest BCUT2D eigenvalue weighted by Crippen LogP contribution is 2.30. The molecule has 4 nitrogen and oxygen atoms in total. The van der Waals surface area contributed by atoms with Crippen LogP contribution in [-0.4, -0.2) is 23.1 Å². The Morgan fingerprint density at radius 1 is 1.18 bits per heavy atom. The number of benzene rings is 1. The number of ether oxygens (including phenoxy) is 1. The van der Waals surface area contributed by atoms with E-state index in [4.69, 9.17) is 4.74 Å². The Kier molecular flexibility index (Phi) is 5.99. The predicted molar refractivity (Wildman–Crippen MR) is 84.1 cm³/mol. The number of carboxylic acids is 1. The minimum absolute atomic E-state index is 0.00592. The molecule has 0 radical (unpaired) electrons. The molecule has 1 aromatic carbocycles. The van der Waals surface area contributed by atoms with Crippen LogP contribution >= 0.6 is 0 Å². The van der Waals surface area contributed by atoms with Gasteiger partial charge in [0.15, 0.2) is 0 Å². The number of carbonyl (C=O) groups excluding carboxylic acids is 1. The molecule has 22 heavy (non-hydrogen) atoms. The Hall–Kier alpha value is -1.84. The predicted octanol–water partition coefficient (Wildman–Crippen LogP) is 4.29. The fourth-order valence-corrected chi connectivity index (χ4v) is 3.23. The van der Waals surface area contributed by atoms with Crippen LogP contribution in [0.3, 0.4) is 0 Å². The first-order chi connectivity index (χ1) is 10.6. The second-order valence-electron chi connectivity index (χ2n) is 5.98. The maximum Gasteiger partial charge on any atom is 0.339 e. The van der Waals surface area contributed by atoms with Crippen molar-refractivity contribution in [1.29, 1.82) is 0 Å². The first-order valence-electron chi connectivity index (χ1n) is 8.16. The van der Waals surface area contributed by atoms with E-state index in [2.05, 4.69) is 6.92 Å². The van der Waals surface area contributed by atoms with E-state index in [1.807, 2.05) is 0 Å². The molecule has 1 fully saturated rings. The summed E-state index contributed by atoms with van der Waals surface area (Å²) in [5, 5.41) is 9.19. The fraction of sp³-hybridized carbons (Fsp3) is 0.556. The van der Waals surface area contributed by atoms with E-state index in [0.29, 0.717) is 5.92 Å². The van der Waals surface area contributed by atoms with Crippen LogP contribution in [0.1, 0.15) is 72.6 Å². The van der Waals surface area contributed by atoms with Crippen LogP contribution in [-0.2, 0) is 4.74 Å². The van der Waals surface area contributed by atoms with Gasteiger partial charge in [-0.25, -0.2) is 9.59 Å². The zero-order chi connectivity index (χ0) is 15.9. The van der Waals surface area contributed by atoms with E-state index < -0.39 is 11.9 Å². The molecule has 2 rings (SSSR count). The molecule has 0 amide bonds. The van der Waals surface area contributed by atoms with E-state index in [9.17, 15) is 14.7 Å². The molecule has 1 atom stereocenters. The van der Waals surface area contributed by atoms with Crippen molar-refractivity contribution >= 4 is 11.9 Å². The summed E-state index contributed by atoms with van der Waals surface area (Å²) in [4.78, 5) is 23.6. The molecule has 1 aromatic rings. The lowest BCUT2D eigenvalue weighted by Gasteiger charge is -2.30. The van der Waals surface area contributed by atoms with Crippen molar-refractivity contribution in [1.82, 2.24) is 0 Å². The Labute approximate surface area is 131 Å². The van der Waals surface area contributed by atoms with Crippen molar-refractivity contribution in [3.05, 3.63) is 35.4 Å². The largest absolute Gasteiger partial charge is 0.478 e. The highest BCUT2D eigenvalue weighted by molar-refractivity contribution is 6.02. The van der Waals surface area contributed by atoms with Gasteiger partial charge in [0, 0.05) is 0 Å². The van der Waals surface area contributed by atoms with Crippen LogP contribution in [0.25, 0.3) is 0 Å². The smallest absolute Gasteiger partial charge is 0.339 e. The quantitative estimate of drug-likeness (QED) is 0.796. The van der Waals surface area contributed by atoms with Crippen LogP contribution in [0.5, 0.6) is 0 Å². The van der Waals surface area contributed by atoms with E-state index in [1.165, 1.54) is 31.4 Å². The molecule has 0 bridgehead atoms. The van der Waals surface area contributed by atoms with Gasteiger partial charge in [-0.15, -0.1) is 0 Å². The maximum absolute atomic E-state index is 12.4. The van der Waals surface area contributed by atoms with Crippen molar-refractivity contribution < 1.29 is 19.4 Å². The van der Waals surface area contributed by atoms with Crippen LogP contribution < -0.4 is 0 Å². The van der Waals surface area contributed by atoms with Gasteiger partial charge in [-0.1, -0.05) is 44.7 Å². The second-order valence-corrected chi connectivity index (χ2v) is 5.98. The van der Waals surface area contributed by atoms with Crippen molar-refractivity contribution in [2.45, 2.75) is 58.0 Å². The summed E-state index contributed by atoms with van der Waals surface area (Å²) in [6.07, 6.45) is 7.52. The Morgan fingerprint density at radius 3 is 2.41 bits per heavy atom. The lowest BCUT2D eigenvalue weighted by molar-refractivity contribution is 0.00428. The zero-order valence-corrected chi connectivity index (χ0v) is 13.1. The monoisotopic (exact) mass is 304 g/mol. The minimum Gasteiger partial charge on any atom is -0.478 e. The third-order valence-corrected chi connectivity index (χ3v) is 4.38. The topological polar surface area (TPSA) is 63.6 Å². The summed E-state index contributed by atoms with van der Waals surface area (Å²) < 4.78 is 5.70. The number of rotatable bonds is 6. The van der Waals surface area contributed by atoms with Gasteiger partial charge in [0.05, 0.1) is 11.1 Å². The molecule has 1 N–H and O–H groups in total. The Balaban J connectivity index is 2.12. The summed E-state index contributed by atoms with van der Waals surface area (Å²) >= 11 is 0. The van der Waals surface area contributed by atoms with Crippen molar-refractivity contribution in [2.24, 2.45) is 5.92 Å².